The molecule has 0 aliphatic heterocycles. The van der Waals surface area contributed by atoms with Gasteiger partial charge in [0.15, 0.2) is 0 Å². The highest BCUT2D eigenvalue weighted by molar-refractivity contribution is 9.10. The molecule has 2 aromatic rings. The molecule has 0 aromatic carbocycles. The lowest BCUT2D eigenvalue weighted by Crippen LogP contribution is -2.22. The van der Waals surface area contributed by atoms with Crippen LogP contribution in [0.25, 0.3) is 0 Å². The third-order valence-electron chi connectivity index (χ3n) is 2.51. The zero-order valence-electron chi connectivity index (χ0n) is 11.2. The van der Waals surface area contributed by atoms with E-state index in [2.05, 4.69) is 45.1 Å². The van der Waals surface area contributed by atoms with E-state index in [0.717, 1.165) is 10.0 Å². The van der Waals surface area contributed by atoms with Crippen molar-refractivity contribution in [2.45, 2.75) is 26.4 Å². The van der Waals surface area contributed by atoms with Crippen molar-refractivity contribution in [1.82, 2.24) is 15.3 Å². The predicted molar refractivity (Wildman–Crippen MR) is 83.2 cm³/mol. The second-order valence-electron chi connectivity index (χ2n) is 4.59. The highest BCUT2D eigenvalue weighted by atomic mass is 79.9. The van der Waals surface area contributed by atoms with E-state index in [1.807, 2.05) is 12.1 Å². The molecule has 2 aromatic heterocycles. The maximum atomic E-state index is 6.13. The highest BCUT2D eigenvalue weighted by Gasteiger charge is 2.06. The van der Waals surface area contributed by atoms with Gasteiger partial charge in [0, 0.05) is 35.5 Å². The van der Waals surface area contributed by atoms with Crippen LogP contribution in [-0.4, -0.2) is 16.0 Å². The Hall–Kier alpha value is -1.17. The zero-order valence-corrected chi connectivity index (χ0v) is 13.6. The molecule has 0 unspecified atom stereocenters. The normalized spacial score (nSPS) is 10.8. The Balaban J connectivity index is 2.14. The molecule has 20 heavy (non-hydrogen) atoms. The van der Waals surface area contributed by atoms with Crippen LogP contribution >= 0.6 is 27.5 Å². The van der Waals surface area contributed by atoms with Crippen LogP contribution in [-0.2, 0) is 6.54 Å². The molecule has 0 aliphatic rings. The van der Waals surface area contributed by atoms with Crippen molar-refractivity contribution < 1.29 is 4.74 Å². The summed E-state index contributed by atoms with van der Waals surface area (Å²) in [6.07, 6.45) is 4.92. The van der Waals surface area contributed by atoms with Crippen LogP contribution in [0.2, 0.25) is 5.02 Å². The van der Waals surface area contributed by atoms with E-state index in [9.17, 15) is 0 Å². The minimum Gasteiger partial charge on any atom is -0.437 e. The van der Waals surface area contributed by atoms with Crippen molar-refractivity contribution in [2.75, 3.05) is 0 Å². The standard InChI is InChI=1S/C14H15BrClN3O/c1-9(2)18-5-10-3-14(19-8-13(10)16)20-12-4-11(15)6-17-7-12/h3-4,6-9,18H,5H2,1-2H3. The summed E-state index contributed by atoms with van der Waals surface area (Å²) >= 11 is 9.48. The molecule has 0 saturated carbocycles. The van der Waals surface area contributed by atoms with Crippen LogP contribution < -0.4 is 10.1 Å². The minimum atomic E-state index is 0.387. The van der Waals surface area contributed by atoms with Crippen LogP contribution in [0.5, 0.6) is 11.6 Å². The second kappa shape index (κ2) is 7.02. The average Bonchev–Trinajstić information content (AvgIpc) is 2.39. The molecule has 0 fully saturated rings. The Labute approximate surface area is 131 Å². The number of pyridine rings is 2. The first-order valence-electron chi connectivity index (χ1n) is 6.21. The van der Waals surface area contributed by atoms with Gasteiger partial charge >= 0.3 is 0 Å². The summed E-state index contributed by atoms with van der Waals surface area (Å²) < 4.78 is 6.52. The number of hydrogen-bond acceptors (Lipinski definition) is 4. The van der Waals surface area contributed by atoms with Crippen molar-refractivity contribution in [2.24, 2.45) is 0 Å². The van der Waals surface area contributed by atoms with Crippen molar-refractivity contribution in [3.05, 3.63) is 45.8 Å². The average molecular weight is 357 g/mol. The van der Waals surface area contributed by atoms with Crippen LogP contribution in [0.3, 0.4) is 0 Å². The molecule has 0 atom stereocenters. The highest BCUT2D eigenvalue weighted by Crippen LogP contribution is 2.25. The number of hydrogen-bond donors (Lipinski definition) is 1. The van der Waals surface area contributed by atoms with E-state index in [-0.39, 0.29) is 0 Å². The molecule has 1 N–H and O–H groups in total. The number of halogens is 2. The fourth-order valence-electron chi connectivity index (χ4n) is 1.53. The lowest BCUT2D eigenvalue weighted by molar-refractivity contribution is 0.458. The molecule has 0 saturated heterocycles. The fourth-order valence-corrected chi connectivity index (χ4v) is 2.05. The summed E-state index contributed by atoms with van der Waals surface area (Å²) in [5, 5.41) is 3.94. The Morgan fingerprint density at radius 1 is 1.30 bits per heavy atom. The van der Waals surface area contributed by atoms with Gasteiger partial charge in [0.1, 0.15) is 5.75 Å². The fraction of sp³-hybridized carbons (Fsp3) is 0.286. The van der Waals surface area contributed by atoms with Gasteiger partial charge in [-0.2, -0.15) is 0 Å². The largest absolute Gasteiger partial charge is 0.437 e. The summed E-state index contributed by atoms with van der Waals surface area (Å²) in [5.74, 6) is 1.12. The smallest absolute Gasteiger partial charge is 0.219 e. The molecule has 2 heterocycles. The molecule has 6 heteroatoms. The zero-order chi connectivity index (χ0) is 14.5. The van der Waals surface area contributed by atoms with Crippen molar-refractivity contribution in [3.8, 4) is 11.6 Å². The van der Waals surface area contributed by atoms with Crippen molar-refractivity contribution in [1.29, 1.82) is 0 Å². The number of nitrogens with zero attached hydrogens (tertiary/aromatic N) is 2. The Kier molecular flexibility index (Phi) is 5.34. The number of ether oxygens (including phenoxy) is 1. The van der Waals surface area contributed by atoms with Gasteiger partial charge in [-0.15, -0.1) is 0 Å². The van der Waals surface area contributed by atoms with Gasteiger partial charge in [-0.1, -0.05) is 25.4 Å². The van der Waals surface area contributed by atoms with Gasteiger partial charge < -0.3 is 10.1 Å². The first-order valence-corrected chi connectivity index (χ1v) is 7.38. The molecular weight excluding hydrogens is 342 g/mol. The first kappa shape index (κ1) is 15.2. The maximum Gasteiger partial charge on any atom is 0.219 e. The Bertz CT molecular complexity index is 592. The van der Waals surface area contributed by atoms with Crippen LogP contribution in [0.1, 0.15) is 19.4 Å². The number of rotatable bonds is 5. The lowest BCUT2D eigenvalue weighted by Gasteiger charge is -2.11. The van der Waals surface area contributed by atoms with E-state index in [0.29, 0.717) is 29.2 Å². The van der Waals surface area contributed by atoms with Crippen LogP contribution in [0, 0.1) is 0 Å². The third kappa shape index (κ3) is 4.44. The molecule has 0 radical (unpaired) electrons. The van der Waals surface area contributed by atoms with E-state index >= 15 is 0 Å². The minimum absolute atomic E-state index is 0.387. The lowest BCUT2D eigenvalue weighted by atomic mass is 10.2. The van der Waals surface area contributed by atoms with Crippen LogP contribution in [0.15, 0.2) is 35.2 Å². The van der Waals surface area contributed by atoms with Gasteiger partial charge in [0.05, 0.1) is 11.2 Å². The number of nitrogens with one attached hydrogen (secondary N) is 1. The molecule has 4 nitrogen and oxygen atoms in total. The third-order valence-corrected chi connectivity index (χ3v) is 3.29. The van der Waals surface area contributed by atoms with Crippen molar-refractivity contribution in [3.63, 3.8) is 0 Å². The summed E-state index contributed by atoms with van der Waals surface area (Å²) in [5.41, 5.74) is 0.952. The van der Waals surface area contributed by atoms with E-state index < -0.39 is 0 Å². The summed E-state index contributed by atoms with van der Waals surface area (Å²) in [6.45, 7) is 4.84. The van der Waals surface area contributed by atoms with E-state index in [1.54, 1.807) is 18.6 Å². The van der Waals surface area contributed by atoms with Crippen LogP contribution in [0.4, 0.5) is 0 Å². The predicted octanol–water partition coefficient (Wildman–Crippen LogP) is 4.18. The quantitative estimate of drug-likeness (QED) is 0.873. The van der Waals surface area contributed by atoms with Gasteiger partial charge in [-0.3, -0.25) is 4.98 Å². The molecule has 0 amide bonds. The molecule has 0 bridgehead atoms. The SMILES string of the molecule is CC(C)NCc1cc(Oc2cncc(Br)c2)ncc1Cl. The molecule has 2 rings (SSSR count). The second-order valence-corrected chi connectivity index (χ2v) is 5.91. The van der Waals surface area contributed by atoms with E-state index in [1.165, 1.54) is 0 Å². The summed E-state index contributed by atoms with van der Waals surface area (Å²) in [6, 6.07) is 4.05. The summed E-state index contributed by atoms with van der Waals surface area (Å²) in [4.78, 5) is 8.21. The molecule has 106 valence electrons. The summed E-state index contributed by atoms with van der Waals surface area (Å²) in [7, 11) is 0. The maximum absolute atomic E-state index is 6.13. The Morgan fingerprint density at radius 3 is 2.80 bits per heavy atom. The van der Waals surface area contributed by atoms with Gasteiger partial charge in [0.2, 0.25) is 5.88 Å². The van der Waals surface area contributed by atoms with Gasteiger partial charge in [-0.25, -0.2) is 4.98 Å². The molecule has 0 aliphatic carbocycles. The first-order chi connectivity index (χ1) is 9.54. The van der Waals surface area contributed by atoms with E-state index in [4.69, 9.17) is 16.3 Å². The van der Waals surface area contributed by atoms with Gasteiger partial charge in [0.25, 0.3) is 0 Å². The monoisotopic (exact) mass is 355 g/mol. The number of aromatic nitrogens is 2. The van der Waals surface area contributed by atoms with Gasteiger partial charge in [-0.05, 0) is 27.6 Å². The Morgan fingerprint density at radius 2 is 2.10 bits per heavy atom. The molecule has 0 spiro atoms. The molecular formula is C14H15BrClN3O. The van der Waals surface area contributed by atoms with Crippen molar-refractivity contribution >= 4 is 27.5 Å². The topological polar surface area (TPSA) is 47.0 Å².